The van der Waals surface area contributed by atoms with Crippen molar-refractivity contribution in [1.82, 2.24) is 14.5 Å². The quantitative estimate of drug-likeness (QED) is 0.410. The molecule has 2 aromatic rings. The summed E-state index contributed by atoms with van der Waals surface area (Å²) in [5, 5.41) is 12.0. The number of benzene rings is 2. The highest BCUT2D eigenvalue weighted by Gasteiger charge is 2.48. The third-order valence-corrected chi connectivity index (χ3v) is 11.4. The second-order valence-corrected chi connectivity index (χ2v) is 13.9. The van der Waals surface area contributed by atoms with Crippen molar-refractivity contribution in [2.75, 3.05) is 20.2 Å². The SMILES string of the molecule is CCN(C(=O)C1CCCC1)[C@@](C)(c1ccccc1)[C@H](O)CN1C2CCC1CC(NS(=O)(=O)c1ccc(OC)cc1)C2. The Hall–Kier alpha value is -2.46. The monoisotopic (exact) mass is 583 g/mol. The summed E-state index contributed by atoms with van der Waals surface area (Å²) in [5.41, 5.74) is 0.0669. The van der Waals surface area contributed by atoms with Gasteiger partial charge < -0.3 is 14.7 Å². The number of amides is 1. The lowest BCUT2D eigenvalue weighted by molar-refractivity contribution is -0.149. The molecule has 5 rings (SSSR count). The molecular weight excluding hydrogens is 538 g/mol. The lowest BCUT2D eigenvalue weighted by Crippen LogP contribution is -2.60. The van der Waals surface area contributed by atoms with Crippen LogP contribution >= 0.6 is 0 Å². The van der Waals surface area contributed by atoms with E-state index in [2.05, 4.69) is 9.62 Å². The van der Waals surface area contributed by atoms with Gasteiger partial charge >= 0.3 is 0 Å². The molecule has 2 aromatic carbocycles. The summed E-state index contributed by atoms with van der Waals surface area (Å²) in [6.07, 6.45) is 6.53. The molecule has 224 valence electrons. The molecule has 4 atom stereocenters. The Morgan fingerprint density at radius 1 is 1.05 bits per heavy atom. The number of methoxy groups -OCH3 is 1. The van der Waals surface area contributed by atoms with E-state index in [-0.39, 0.29) is 34.8 Å². The highest BCUT2D eigenvalue weighted by Crippen LogP contribution is 2.40. The molecule has 1 amide bonds. The molecule has 9 heteroatoms. The zero-order valence-electron chi connectivity index (χ0n) is 24.5. The molecule has 2 bridgehead atoms. The lowest BCUT2D eigenvalue weighted by atomic mass is 9.82. The first-order chi connectivity index (χ1) is 19.7. The van der Waals surface area contributed by atoms with Crippen LogP contribution in [0.4, 0.5) is 0 Å². The molecule has 1 saturated carbocycles. The molecular formula is C32H45N3O5S. The third kappa shape index (κ3) is 6.05. The maximum absolute atomic E-state index is 13.8. The molecule has 0 spiro atoms. The van der Waals surface area contributed by atoms with Crippen molar-refractivity contribution >= 4 is 15.9 Å². The van der Waals surface area contributed by atoms with E-state index in [1.807, 2.05) is 49.1 Å². The average molecular weight is 584 g/mol. The van der Waals surface area contributed by atoms with Crippen LogP contribution in [0.5, 0.6) is 5.75 Å². The molecule has 2 saturated heterocycles. The number of hydrogen-bond acceptors (Lipinski definition) is 6. The van der Waals surface area contributed by atoms with Gasteiger partial charge in [0.25, 0.3) is 0 Å². The van der Waals surface area contributed by atoms with Crippen LogP contribution in [0.2, 0.25) is 0 Å². The summed E-state index contributed by atoms with van der Waals surface area (Å²) in [6, 6.07) is 16.6. The van der Waals surface area contributed by atoms with E-state index >= 15 is 0 Å². The van der Waals surface area contributed by atoms with Crippen molar-refractivity contribution < 1.29 is 23.1 Å². The maximum atomic E-state index is 13.8. The number of aliphatic hydroxyl groups is 1. The summed E-state index contributed by atoms with van der Waals surface area (Å²) in [6.45, 7) is 4.98. The molecule has 2 N–H and O–H groups in total. The number of piperidine rings is 1. The average Bonchev–Trinajstić information content (AvgIpc) is 3.59. The minimum atomic E-state index is -3.65. The molecule has 0 aromatic heterocycles. The second-order valence-electron chi connectivity index (χ2n) is 12.1. The van der Waals surface area contributed by atoms with E-state index in [9.17, 15) is 18.3 Å². The Morgan fingerprint density at radius 2 is 1.66 bits per heavy atom. The Kier molecular flexibility index (Phi) is 9.09. The van der Waals surface area contributed by atoms with E-state index in [0.717, 1.165) is 44.1 Å². The lowest BCUT2D eigenvalue weighted by Gasteiger charge is -2.48. The van der Waals surface area contributed by atoms with Crippen LogP contribution in [-0.2, 0) is 20.4 Å². The Morgan fingerprint density at radius 3 is 2.22 bits per heavy atom. The van der Waals surface area contributed by atoms with Crippen LogP contribution in [0.1, 0.15) is 70.8 Å². The highest BCUT2D eigenvalue weighted by atomic mass is 32.2. The summed E-state index contributed by atoms with van der Waals surface area (Å²) in [4.78, 5) is 18.3. The van der Waals surface area contributed by atoms with Gasteiger partial charge in [0.2, 0.25) is 15.9 Å². The fraction of sp³-hybridized carbons (Fsp3) is 0.594. The van der Waals surface area contributed by atoms with Crippen molar-refractivity contribution in [1.29, 1.82) is 0 Å². The fourth-order valence-electron chi connectivity index (χ4n) is 7.50. The van der Waals surface area contributed by atoms with Crippen LogP contribution in [0.3, 0.4) is 0 Å². The van der Waals surface area contributed by atoms with Gasteiger partial charge in [0.05, 0.1) is 23.6 Å². The number of nitrogens with one attached hydrogen (secondary N) is 1. The minimum absolute atomic E-state index is 0.0239. The topological polar surface area (TPSA) is 99.2 Å². The van der Waals surface area contributed by atoms with E-state index in [4.69, 9.17) is 4.74 Å². The smallest absolute Gasteiger partial charge is 0.240 e. The van der Waals surface area contributed by atoms with Crippen molar-refractivity contribution in [3.63, 3.8) is 0 Å². The molecule has 3 fully saturated rings. The summed E-state index contributed by atoms with van der Waals surface area (Å²) in [5.74, 6) is 0.781. The Labute approximate surface area is 245 Å². The van der Waals surface area contributed by atoms with Crippen LogP contribution in [-0.4, -0.2) is 73.7 Å². The zero-order valence-corrected chi connectivity index (χ0v) is 25.4. The largest absolute Gasteiger partial charge is 0.497 e. The summed E-state index contributed by atoms with van der Waals surface area (Å²) >= 11 is 0. The van der Waals surface area contributed by atoms with Crippen molar-refractivity contribution in [3.05, 3.63) is 60.2 Å². The number of ether oxygens (including phenoxy) is 1. The fourth-order valence-corrected chi connectivity index (χ4v) is 8.76. The number of rotatable bonds is 11. The van der Waals surface area contributed by atoms with E-state index in [1.165, 1.54) is 0 Å². The molecule has 2 aliphatic heterocycles. The molecule has 8 nitrogen and oxygen atoms in total. The van der Waals surface area contributed by atoms with E-state index < -0.39 is 21.7 Å². The molecule has 1 aliphatic carbocycles. The van der Waals surface area contributed by atoms with Gasteiger partial charge in [-0.3, -0.25) is 9.69 Å². The first-order valence-corrected chi connectivity index (χ1v) is 16.6. The summed E-state index contributed by atoms with van der Waals surface area (Å²) in [7, 11) is -2.10. The van der Waals surface area contributed by atoms with Crippen LogP contribution in [0, 0.1) is 5.92 Å². The number of carbonyl (C=O) groups is 1. The number of fused-ring (bicyclic) bond motifs is 2. The number of aliphatic hydroxyl groups excluding tert-OH is 1. The predicted octanol–water partition coefficient (Wildman–Crippen LogP) is 4.28. The first kappa shape index (κ1) is 30.0. The molecule has 2 heterocycles. The molecule has 0 radical (unpaired) electrons. The number of nitrogens with zero attached hydrogens (tertiary/aromatic N) is 2. The Bertz CT molecular complexity index is 1270. The van der Waals surface area contributed by atoms with Crippen LogP contribution < -0.4 is 9.46 Å². The predicted molar refractivity (Wildman–Crippen MR) is 159 cm³/mol. The van der Waals surface area contributed by atoms with Gasteiger partial charge in [0.1, 0.15) is 5.75 Å². The maximum Gasteiger partial charge on any atom is 0.240 e. The molecule has 2 unspecified atom stereocenters. The van der Waals surface area contributed by atoms with Gasteiger partial charge in [-0.05, 0) is 82.2 Å². The number of carbonyl (C=O) groups excluding carboxylic acids is 1. The van der Waals surface area contributed by atoms with Gasteiger partial charge in [0.15, 0.2) is 0 Å². The molecule has 3 aliphatic rings. The zero-order chi connectivity index (χ0) is 29.2. The van der Waals surface area contributed by atoms with E-state index in [1.54, 1.807) is 31.4 Å². The van der Waals surface area contributed by atoms with E-state index in [0.29, 0.717) is 31.7 Å². The van der Waals surface area contributed by atoms with Gasteiger partial charge in [0, 0.05) is 37.1 Å². The van der Waals surface area contributed by atoms with Crippen LogP contribution in [0.15, 0.2) is 59.5 Å². The standard InChI is InChI=1S/C32H45N3O5S/c1-4-35(31(37)23-10-8-9-11-23)32(2,24-12-6-5-7-13-24)30(36)22-34-26-14-15-27(34)21-25(20-26)33-41(38,39)29-18-16-28(40-3)17-19-29/h5-7,12-13,16-19,23,25-27,30,33,36H,4,8-11,14-15,20-22H2,1-3H3/t25?,26?,27?,30-,32+/m1/s1. The minimum Gasteiger partial charge on any atom is -0.497 e. The van der Waals surface area contributed by atoms with Crippen molar-refractivity contribution in [2.24, 2.45) is 5.92 Å². The van der Waals surface area contributed by atoms with Crippen LogP contribution in [0.25, 0.3) is 0 Å². The molecule has 41 heavy (non-hydrogen) atoms. The second kappa shape index (κ2) is 12.4. The van der Waals surface area contributed by atoms with Gasteiger partial charge in [-0.15, -0.1) is 0 Å². The summed E-state index contributed by atoms with van der Waals surface area (Å²) < 4.78 is 34.3. The van der Waals surface area contributed by atoms with Crippen molar-refractivity contribution in [2.45, 2.75) is 99.9 Å². The third-order valence-electron chi connectivity index (χ3n) is 9.81. The van der Waals surface area contributed by atoms with Gasteiger partial charge in [-0.2, -0.15) is 0 Å². The number of sulfonamides is 1. The normalized spacial score (nSPS) is 25.5. The van der Waals surface area contributed by atoms with Gasteiger partial charge in [-0.25, -0.2) is 13.1 Å². The highest BCUT2D eigenvalue weighted by molar-refractivity contribution is 7.89. The van der Waals surface area contributed by atoms with Crippen molar-refractivity contribution in [3.8, 4) is 5.75 Å². The van der Waals surface area contributed by atoms with Gasteiger partial charge in [-0.1, -0.05) is 43.2 Å². The number of hydrogen-bond donors (Lipinski definition) is 2. The Balaban J connectivity index is 1.32. The first-order valence-electron chi connectivity index (χ1n) is 15.1. The number of likely N-dealkylation sites (N-methyl/N-ethyl adjacent to an activating group) is 1.